The zero-order chi connectivity index (χ0) is 24.6. The third kappa shape index (κ3) is 5.32. The molecule has 15 atom stereocenters. The molecule has 1 aliphatic carbocycles. The smallest absolute Gasteiger partial charge is 0.187 e. The Bertz CT molecular complexity index is 584. The minimum absolute atomic E-state index is 0.0784. The zero-order valence-corrected chi connectivity index (χ0v) is 17.9. The lowest BCUT2D eigenvalue weighted by Crippen LogP contribution is -2.68. The summed E-state index contributed by atoms with van der Waals surface area (Å²) >= 11 is 0. The van der Waals surface area contributed by atoms with E-state index in [2.05, 4.69) is 0 Å². The Balaban J connectivity index is 1.72. The van der Waals surface area contributed by atoms with E-state index in [0.717, 1.165) is 0 Å². The minimum Gasteiger partial charge on any atom is -0.388 e. The first kappa shape index (κ1) is 27.0. The van der Waals surface area contributed by atoms with Gasteiger partial charge in [0.25, 0.3) is 0 Å². The average molecular weight is 485 g/mol. The number of aliphatic hydroxyl groups is 7. The van der Waals surface area contributed by atoms with E-state index in [1.807, 2.05) is 0 Å². The second-order valence-corrected chi connectivity index (χ2v) is 8.76. The monoisotopic (exact) mass is 484 g/mol. The molecular formula is C18H36N4O11. The van der Waals surface area contributed by atoms with Gasteiger partial charge < -0.3 is 77.6 Å². The SMILES string of the molecule is NC[C@@H]1O[C@@H](O[C@@H]2C(O)[C@H](O[C@@H]3O[C@H](CN)[C@@H](O)[C@H](O)[C@H]3O)[C@@H](N)C[C@H]2N)[C@@H](O)[C@H](O)[C@H]1O. The van der Waals surface area contributed by atoms with Gasteiger partial charge in [-0.1, -0.05) is 0 Å². The molecule has 0 bridgehead atoms. The van der Waals surface area contributed by atoms with Crippen LogP contribution in [0.2, 0.25) is 0 Å². The fraction of sp³-hybridized carbons (Fsp3) is 1.00. The summed E-state index contributed by atoms with van der Waals surface area (Å²) in [6, 6.07) is -1.68. The Morgan fingerprint density at radius 2 is 0.939 bits per heavy atom. The molecule has 33 heavy (non-hydrogen) atoms. The number of rotatable bonds is 6. The van der Waals surface area contributed by atoms with Gasteiger partial charge in [0, 0.05) is 25.2 Å². The van der Waals surface area contributed by atoms with Gasteiger partial charge >= 0.3 is 0 Å². The van der Waals surface area contributed by atoms with Crippen molar-refractivity contribution in [3.05, 3.63) is 0 Å². The lowest BCUT2D eigenvalue weighted by Gasteiger charge is -2.48. The minimum atomic E-state index is -1.66. The highest BCUT2D eigenvalue weighted by atomic mass is 16.7. The Morgan fingerprint density at radius 3 is 1.27 bits per heavy atom. The third-order valence-corrected chi connectivity index (χ3v) is 6.45. The van der Waals surface area contributed by atoms with Crippen LogP contribution in [0.4, 0.5) is 0 Å². The van der Waals surface area contributed by atoms with Crippen LogP contribution in [0.25, 0.3) is 0 Å². The standard InChI is InChI=1S/C18H36N4O11/c19-2-6-8(23)10(25)12(27)17(30-6)32-15-4(21)1-5(22)16(14(15)29)33-18-13(28)11(26)9(24)7(3-20)31-18/h4-18,23-29H,1-3,19-22H2/t4-,5+,6+,7-,8+,9-,10-,11+,12+,13-,14?,15+,16-,17-,18-/m0/s1. The molecule has 15 N–H and O–H groups in total. The van der Waals surface area contributed by atoms with E-state index < -0.39 is 91.8 Å². The summed E-state index contributed by atoms with van der Waals surface area (Å²) in [4.78, 5) is 0. The quantitative estimate of drug-likeness (QED) is 0.167. The van der Waals surface area contributed by atoms with Crippen LogP contribution in [-0.2, 0) is 18.9 Å². The number of hydrogen-bond donors (Lipinski definition) is 11. The molecule has 0 radical (unpaired) electrons. The summed E-state index contributed by atoms with van der Waals surface area (Å²) in [5.41, 5.74) is 23.2. The van der Waals surface area contributed by atoms with Gasteiger partial charge in [0.15, 0.2) is 12.6 Å². The summed E-state index contributed by atoms with van der Waals surface area (Å²) in [6.45, 7) is -0.345. The van der Waals surface area contributed by atoms with Crippen molar-refractivity contribution in [3.8, 4) is 0 Å². The number of ether oxygens (including phenoxy) is 4. The molecule has 2 aliphatic heterocycles. The molecule has 1 saturated carbocycles. The van der Waals surface area contributed by atoms with Gasteiger partial charge in [0.05, 0.1) is 0 Å². The second-order valence-electron chi connectivity index (χ2n) is 8.76. The summed E-state index contributed by atoms with van der Waals surface area (Å²) in [7, 11) is 0. The highest BCUT2D eigenvalue weighted by Crippen LogP contribution is 2.31. The summed E-state index contributed by atoms with van der Waals surface area (Å²) in [5, 5.41) is 71.4. The summed E-state index contributed by atoms with van der Waals surface area (Å²) in [5.74, 6) is 0. The fourth-order valence-corrected chi connectivity index (χ4v) is 4.40. The molecular weight excluding hydrogens is 448 g/mol. The van der Waals surface area contributed by atoms with Crippen molar-refractivity contribution in [2.75, 3.05) is 13.1 Å². The van der Waals surface area contributed by atoms with Crippen molar-refractivity contribution in [1.82, 2.24) is 0 Å². The van der Waals surface area contributed by atoms with Gasteiger partial charge in [-0.25, -0.2) is 0 Å². The molecule has 1 unspecified atom stereocenters. The van der Waals surface area contributed by atoms with Gasteiger partial charge in [-0.3, -0.25) is 0 Å². The zero-order valence-electron chi connectivity index (χ0n) is 17.9. The second kappa shape index (κ2) is 11.0. The van der Waals surface area contributed by atoms with Crippen LogP contribution in [0.3, 0.4) is 0 Å². The van der Waals surface area contributed by atoms with Gasteiger partial charge in [0.1, 0.15) is 67.1 Å². The molecule has 0 aromatic carbocycles. The molecule has 2 saturated heterocycles. The van der Waals surface area contributed by atoms with Crippen molar-refractivity contribution < 1.29 is 54.7 Å². The van der Waals surface area contributed by atoms with Gasteiger partial charge in [-0.2, -0.15) is 0 Å². The van der Waals surface area contributed by atoms with E-state index in [1.165, 1.54) is 0 Å². The molecule has 3 fully saturated rings. The van der Waals surface area contributed by atoms with Crippen molar-refractivity contribution in [2.45, 2.75) is 98.2 Å². The Hall–Kier alpha value is -0.600. The van der Waals surface area contributed by atoms with E-state index in [1.54, 1.807) is 0 Å². The summed E-state index contributed by atoms with van der Waals surface area (Å²) < 4.78 is 22.2. The number of hydrogen-bond acceptors (Lipinski definition) is 15. The van der Waals surface area contributed by atoms with E-state index in [0.29, 0.717) is 0 Å². The first-order chi connectivity index (χ1) is 15.5. The first-order valence-electron chi connectivity index (χ1n) is 10.8. The van der Waals surface area contributed by atoms with Crippen LogP contribution < -0.4 is 22.9 Å². The molecule has 3 aliphatic rings. The van der Waals surface area contributed by atoms with Crippen LogP contribution in [0.15, 0.2) is 0 Å². The number of aliphatic hydroxyl groups excluding tert-OH is 7. The molecule has 15 nitrogen and oxygen atoms in total. The lowest BCUT2D eigenvalue weighted by atomic mass is 9.84. The van der Waals surface area contributed by atoms with Crippen molar-refractivity contribution in [3.63, 3.8) is 0 Å². The Labute approximate surface area is 189 Å². The largest absolute Gasteiger partial charge is 0.388 e. The van der Waals surface area contributed by atoms with Crippen LogP contribution in [0.1, 0.15) is 6.42 Å². The Morgan fingerprint density at radius 1 is 0.576 bits per heavy atom. The summed E-state index contributed by atoms with van der Waals surface area (Å²) in [6.07, 6.45) is -18.3. The maximum atomic E-state index is 10.9. The Kier molecular flexibility index (Phi) is 8.99. The molecule has 2 heterocycles. The predicted molar refractivity (Wildman–Crippen MR) is 108 cm³/mol. The van der Waals surface area contributed by atoms with Crippen molar-refractivity contribution in [2.24, 2.45) is 22.9 Å². The van der Waals surface area contributed by atoms with E-state index in [4.69, 9.17) is 41.9 Å². The lowest BCUT2D eigenvalue weighted by molar-refractivity contribution is -0.336. The maximum absolute atomic E-state index is 10.9. The van der Waals surface area contributed by atoms with Crippen molar-refractivity contribution >= 4 is 0 Å². The highest BCUT2D eigenvalue weighted by Gasteiger charge is 2.51. The van der Waals surface area contributed by atoms with Crippen LogP contribution in [0, 0.1) is 0 Å². The molecule has 15 heteroatoms. The van der Waals surface area contributed by atoms with E-state index in [-0.39, 0.29) is 19.5 Å². The van der Waals surface area contributed by atoms with E-state index >= 15 is 0 Å². The molecule has 3 rings (SSSR count). The molecule has 0 amide bonds. The predicted octanol–water partition coefficient (Wildman–Crippen LogP) is -7.29. The molecule has 0 spiro atoms. The van der Waals surface area contributed by atoms with Gasteiger partial charge in [-0.05, 0) is 6.42 Å². The first-order valence-corrected chi connectivity index (χ1v) is 10.8. The van der Waals surface area contributed by atoms with Crippen molar-refractivity contribution in [1.29, 1.82) is 0 Å². The molecule has 194 valence electrons. The maximum Gasteiger partial charge on any atom is 0.187 e. The fourth-order valence-electron chi connectivity index (χ4n) is 4.40. The molecule has 0 aromatic heterocycles. The topological polar surface area (TPSA) is 283 Å². The number of nitrogens with two attached hydrogens (primary N) is 4. The molecule has 0 aromatic rings. The van der Waals surface area contributed by atoms with Crippen LogP contribution in [0.5, 0.6) is 0 Å². The van der Waals surface area contributed by atoms with E-state index in [9.17, 15) is 35.7 Å². The van der Waals surface area contributed by atoms with Crippen LogP contribution in [-0.4, -0.2) is 141 Å². The average Bonchev–Trinajstić information content (AvgIpc) is 2.79. The van der Waals surface area contributed by atoms with Gasteiger partial charge in [0.2, 0.25) is 0 Å². The van der Waals surface area contributed by atoms with Gasteiger partial charge in [-0.15, -0.1) is 0 Å². The third-order valence-electron chi connectivity index (χ3n) is 6.45. The normalized spacial score (nSPS) is 53.7. The highest BCUT2D eigenvalue weighted by molar-refractivity contribution is 5.01. The van der Waals surface area contributed by atoms with Crippen LogP contribution >= 0.6 is 0 Å².